The highest BCUT2D eigenvalue weighted by Gasteiger charge is 2.29. The molecule has 1 aliphatic carbocycles. The van der Waals surface area contributed by atoms with Gasteiger partial charge >= 0.3 is 0 Å². The van der Waals surface area contributed by atoms with E-state index in [-0.39, 0.29) is 18.6 Å². The quantitative estimate of drug-likeness (QED) is 0.900. The smallest absolute Gasteiger partial charge is 0.260 e. The number of carbonyl (C=O) groups excluding carboxylic acids is 1. The van der Waals surface area contributed by atoms with Crippen LogP contribution in [0.5, 0.6) is 5.75 Å². The van der Waals surface area contributed by atoms with Gasteiger partial charge < -0.3 is 14.7 Å². The van der Waals surface area contributed by atoms with E-state index >= 15 is 0 Å². The van der Waals surface area contributed by atoms with Gasteiger partial charge in [-0.25, -0.2) is 0 Å². The second-order valence-corrected chi connectivity index (χ2v) is 5.92. The van der Waals surface area contributed by atoms with Gasteiger partial charge in [0, 0.05) is 18.1 Å². The molecule has 1 amide bonds. The zero-order valence-corrected chi connectivity index (χ0v) is 12.5. The lowest BCUT2D eigenvalue weighted by molar-refractivity contribution is -0.133. The molecule has 1 fully saturated rings. The van der Waals surface area contributed by atoms with Crippen molar-refractivity contribution in [3.8, 4) is 5.75 Å². The molecule has 1 aromatic rings. The zero-order chi connectivity index (χ0) is 13.8. The molecule has 0 aromatic heterocycles. The van der Waals surface area contributed by atoms with Crippen molar-refractivity contribution in [2.45, 2.75) is 18.9 Å². The average Bonchev–Trinajstić information content (AvgIpc) is 2.35. The molecule has 0 unspecified atom stereocenters. The summed E-state index contributed by atoms with van der Waals surface area (Å²) in [5, 5.41) is 9.21. The van der Waals surface area contributed by atoms with Crippen LogP contribution in [0.2, 0.25) is 0 Å². The molecule has 0 heterocycles. The minimum atomic E-state index is -0.174. The largest absolute Gasteiger partial charge is 0.484 e. The van der Waals surface area contributed by atoms with Crippen molar-refractivity contribution in [3.05, 3.63) is 28.7 Å². The van der Waals surface area contributed by atoms with Crippen LogP contribution in [-0.2, 0) is 4.79 Å². The molecule has 0 bridgehead atoms. The number of benzene rings is 1. The SMILES string of the molecule is CN(CC1CC(O)C1)C(=O)COc1ccc(Br)cc1. The Balaban J connectivity index is 1.72. The Labute approximate surface area is 121 Å². The summed E-state index contributed by atoms with van der Waals surface area (Å²) < 4.78 is 6.42. The van der Waals surface area contributed by atoms with Crippen LogP contribution in [0.15, 0.2) is 28.7 Å². The molecule has 5 heteroatoms. The van der Waals surface area contributed by atoms with E-state index in [1.807, 2.05) is 24.3 Å². The third kappa shape index (κ3) is 4.21. The van der Waals surface area contributed by atoms with Gasteiger partial charge in [0.2, 0.25) is 0 Å². The minimum absolute atomic E-state index is 0.0377. The highest BCUT2D eigenvalue weighted by atomic mass is 79.9. The molecule has 0 spiro atoms. The summed E-state index contributed by atoms with van der Waals surface area (Å²) in [5.41, 5.74) is 0. The molecule has 1 N–H and O–H groups in total. The lowest BCUT2D eigenvalue weighted by atomic mass is 9.82. The lowest BCUT2D eigenvalue weighted by Gasteiger charge is -2.34. The Morgan fingerprint density at radius 1 is 1.42 bits per heavy atom. The van der Waals surface area contributed by atoms with E-state index in [4.69, 9.17) is 4.74 Å². The summed E-state index contributed by atoms with van der Waals surface area (Å²) in [7, 11) is 1.78. The first-order valence-electron chi connectivity index (χ1n) is 6.35. The van der Waals surface area contributed by atoms with Gasteiger partial charge in [-0.15, -0.1) is 0 Å². The van der Waals surface area contributed by atoms with E-state index in [1.54, 1.807) is 11.9 Å². The van der Waals surface area contributed by atoms with Gasteiger partial charge in [0.1, 0.15) is 5.75 Å². The predicted octanol–water partition coefficient (Wildman–Crippen LogP) is 2.06. The number of amides is 1. The topological polar surface area (TPSA) is 49.8 Å². The van der Waals surface area contributed by atoms with E-state index in [0.717, 1.165) is 17.3 Å². The summed E-state index contributed by atoms with van der Waals surface area (Å²) in [4.78, 5) is 13.5. The number of carbonyl (C=O) groups is 1. The van der Waals surface area contributed by atoms with Crippen LogP contribution < -0.4 is 4.74 Å². The van der Waals surface area contributed by atoms with Crippen LogP contribution in [-0.4, -0.2) is 42.2 Å². The molecular weight excluding hydrogens is 310 g/mol. The number of nitrogens with zero attached hydrogens (tertiary/aromatic N) is 1. The van der Waals surface area contributed by atoms with Crippen LogP contribution in [0.4, 0.5) is 0 Å². The molecule has 1 aromatic carbocycles. The molecule has 1 saturated carbocycles. The van der Waals surface area contributed by atoms with Crippen LogP contribution in [0, 0.1) is 5.92 Å². The van der Waals surface area contributed by atoms with E-state index < -0.39 is 0 Å². The number of aliphatic hydroxyl groups is 1. The standard InChI is InChI=1S/C14H18BrNO3/c1-16(8-10-6-12(17)7-10)14(18)9-19-13-4-2-11(15)3-5-13/h2-5,10,12,17H,6-9H2,1H3. The van der Waals surface area contributed by atoms with Crippen molar-refractivity contribution >= 4 is 21.8 Å². The van der Waals surface area contributed by atoms with Crippen molar-refractivity contribution in [3.63, 3.8) is 0 Å². The third-order valence-corrected chi connectivity index (χ3v) is 3.87. The summed E-state index contributed by atoms with van der Waals surface area (Å²) in [5.74, 6) is 1.07. The van der Waals surface area contributed by atoms with Gasteiger partial charge in [0.25, 0.3) is 5.91 Å². The number of hydrogen-bond donors (Lipinski definition) is 1. The molecule has 2 rings (SSSR count). The van der Waals surface area contributed by atoms with Gasteiger partial charge in [-0.1, -0.05) is 15.9 Å². The first-order chi connectivity index (χ1) is 9.04. The summed E-state index contributed by atoms with van der Waals surface area (Å²) in [6.45, 7) is 0.743. The molecule has 4 nitrogen and oxygen atoms in total. The fraction of sp³-hybridized carbons (Fsp3) is 0.500. The Bertz CT molecular complexity index is 429. The second kappa shape index (κ2) is 6.39. The molecule has 0 atom stereocenters. The van der Waals surface area contributed by atoms with E-state index in [1.165, 1.54) is 0 Å². The van der Waals surface area contributed by atoms with Gasteiger partial charge in [-0.3, -0.25) is 4.79 Å². The maximum absolute atomic E-state index is 11.9. The van der Waals surface area contributed by atoms with Crippen LogP contribution in [0.3, 0.4) is 0 Å². The van der Waals surface area contributed by atoms with Crippen LogP contribution >= 0.6 is 15.9 Å². The number of likely N-dealkylation sites (N-methyl/N-ethyl adjacent to an activating group) is 1. The third-order valence-electron chi connectivity index (χ3n) is 3.34. The highest BCUT2D eigenvalue weighted by molar-refractivity contribution is 9.10. The normalized spacial score (nSPS) is 21.6. The predicted molar refractivity (Wildman–Crippen MR) is 76.0 cm³/mol. The van der Waals surface area contributed by atoms with E-state index in [2.05, 4.69) is 15.9 Å². The van der Waals surface area contributed by atoms with Crippen LogP contribution in [0.25, 0.3) is 0 Å². The highest BCUT2D eigenvalue weighted by Crippen LogP contribution is 2.27. The lowest BCUT2D eigenvalue weighted by Crippen LogP contribution is -2.41. The molecule has 0 saturated heterocycles. The molecule has 104 valence electrons. The molecular formula is C14H18BrNO3. The number of rotatable bonds is 5. The maximum Gasteiger partial charge on any atom is 0.260 e. The van der Waals surface area contributed by atoms with Gasteiger partial charge in [-0.2, -0.15) is 0 Å². The summed E-state index contributed by atoms with van der Waals surface area (Å²) >= 11 is 3.34. The zero-order valence-electron chi connectivity index (χ0n) is 10.9. The fourth-order valence-corrected chi connectivity index (χ4v) is 2.39. The second-order valence-electron chi connectivity index (χ2n) is 5.01. The molecule has 19 heavy (non-hydrogen) atoms. The summed E-state index contributed by atoms with van der Waals surface area (Å²) in [6.07, 6.45) is 1.42. The van der Waals surface area contributed by atoms with Crippen molar-refractivity contribution in [1.29, 1.82) is 0 Å². The van der Waals surface area contributed by atoms with Crippen molar-refractivity contribution in [1.82, 2.24) is 4.90 Å². The van der Waals surface area contributed by atoms with Crippen molar-refractivity contribution < 1.29 is 14.6 Å². The molecule has 0 radical (unpaired) electrons. The Morgan fingerprint density at radius 2 is 2.05 bits per heavy atom. The number of ether oxygens (including phenoxy) is 1. The Kier molecular flexibility index (Phi) is 4.82. The van der Waals surface area contributed by atoms with Gasteiger partial charge in [-0.05, 0) is 43.0 Å². The van der Waals surface area contributed by atoms with Crippen molar-refractivity contribution in [2.75, 3.05) is 20.2 Å². The Hall–Kier alpha value is -1.07. The molecule has 0 aliphatic heterocycles. The van der Waals surface area contributed by atoms with E-state index in [0.29, 0.717) is 18.2 Å². The first-order valence-corrected chi connectivity index (χ1v) is 7.14. The van der Waals surface area contributed by atoms with Gasteiger partial charge in [0.05, 0.1) is 6.10 Å². The Morgan fingerprint density at radius 3 is 2.63 bits per heavy atom. The average molecular weight is 328 g/mol. The fourth-order valence-electron chi connectivity index (χ4n) is 2.12. The number of hydrogen-bond acceptors (Lipinski definition) is 3. The maximum atomic E-state index is 11.9. The first kappa shape index (κ1) is 14.3. The number of halogens is 1. The molecule has 1 aliphatic rings. The van der Waals surface area contributed by atoms with E-state index in [9.17, 15) is 9.90 Å². The number of aliphatic hydroxyl groups excluding tert-OH is 1. The summed E-state index contributed by atoms with van der Waals surface area (Å²) in [6, 6.07) is 7.39. The van der Waals surface area contributed by atoms with Crippen molar-refractivity contribution in [2.24, 2.45) is 5.92 Å². The van der Waals surface area contributed by atoms with Gasteiger partial charge in [0.15, 0.2) is 6.61 Å². The minimum Gasteiger partial charge on any atom is -0.484 e. The monoisotopic (exact) mass is 327 g/mol. The van der Waals surface area contributed by atoms with Crippen LogP contribution in [0.1, 0.15) is 12.8 Å².